The van der Waals surface area contributed by atoms with Crippen molar-refractivity contribution in [1.82, 2.24) is 0 Å². The van der Waals surface area contributed by atoms with Crippen LogP contribution in [-0.4, -0.2) is 0 Å². The molecule has 0 aliphatic heterocycles. The van der Waals surface area contributed by atoms with Crippen molar-refractivity contribution in [3.63, 3.8) is 0 Å². The molecule has 0 radical (unpaired) electrons. The number of halogens is 1. The average molecular weight is 197 g/mol. The monoisotopic (exact) mass is 197 g/mol. The van der Waals surface area contributed by atoms with Gasteiger partial charge >= 0.3 is 0 Å². The Morgan fingerprint density at radius 2 is 2.00 bits per heavy atom. The van der Waals surface area contributed by atoms with Crippen molar-refractivity contribution in [3.8, 4) is 6.07 Å². The summed E-state index contributed by atoms with van der Waals surface area (Å²) in [7, 11) is 0. The highest BCUT2D eigenvalue weighted by atomic mass is 32.2. The fourth-order valence-electron chi connectivity index (χ4n) is 0.798. The van der Waals surface area contributed by atoms with Crippen molar-refractivity contribution in [3.05, 3.63) is 29.3 Å². The second kappa shape index (κ2) is 6.50. The molecule has 0 atom stereocenters. The SMILES string of the molecule is CC.Cc1ccc(SF)c(C#N)c1. The maximum atomic E-state index is 12.1. The molecule has 0 aliphatic carbocycles. The summed E-state index contributed by atoms with van der Waals surface area (Å²) in [4.78, 5) is 0.387. The van der Waals surface area contributed by atoms with Crippen LogP contribution in [0.3, 0.4) is 0 Å². The summed E-state index contributed by atoms with van der Waals surface area (Å²) < 4.78 is 12.1. The third-order valence-corrected chi connectivity index (χ3v) is 1.86. The van der Waals surface area contributed by atoms with E-state index in [0.29, 0.717) is 10.5 Å². The summed E-state index contributed by atoms with van der Waals surface area (Å²) in [6.07, 6.45) is 0. The first-order chi connectivity index (χ1) is 6.27. The van der Waals surface area contributed by atoms with Gasteiger partial charge in [0, 0.05) is 0 Å². The Labute approximate surface area is 82.9 Å². The zero-order valence-corrected chi connectivity index (χ0v) is 8.78. The molecule has 0 fully saturated rings. The molecule has 0 bridgehead atoms. The van der Waals surface area contributed by atoms with Gasteiger partial charge in [-0.15, -0.1) is 0 Å². The van der Waals surface area contributed by atoms with E-state index in [9.17, 15) is 3.89 Å². The van der Waals surface area contributed by atoms with E-state index < -0.39 is 0 Å². The number of aryl methyl sites for hydroxylation is 1. The lowest BCUT2D eigenvalue weighted by Gasteiger charge is -1.96. The fraction of sp³-hybridized carbons (Fsp3) is 0.300. The quantitative estimate of drug-likeness (QED) is 0.682. The Morgan fingerprint density at radius 3 is 2.46 bits per heavy atom. The fourth-order valence-corrected chi connectivity index (χ4v) is 1.11. The first-order valence-corrected chi connectivity index (χ1v) is 4.79. The number of rotatable bonds is 1. The molecule has 0 heterocycles. The van der Waals surface area contributed by atoms with Gasteiger partial charge in [0.2, 0.25) is 0 Å². The number of nitriles is 1. The number of nitrogens with zero attached hydrogens (tertiary/aromatic N) is 1. The molecular formula is C10H12FNS. The second-order valence-electron chi connectivity index (χ2n) is 2.19. The van der Waals surface area contributed by atoms with E-state index in [0.717, 1.165) is 5.56 Å². The zero-order valence-electron chi connectivity index (χ0n) is 7.97. The van der Waals surface area contributed by atoms with E-state index in [2.05, 4.69) is 0 Å². The van der Waals surface area contributed by atoms with Crippen LogP contribution in [0, 0.1) is 18.3 Å². The van der Waals surface area contributed by atoms with Gasteiger partial charge in [-0.25, -0.2) is 0 Å². The molecule has 1 aromatic rings. The van der Waals surface area contributed by atoms with E-state index in [1.807, 2.05) is 26.8 Å². The Bertz CT molecular complexity index is 304. The topological polar surface area (TPSA) is 23.8 Å². The maximum Gasteiger partial charge on any atom is 0.100 e. The molecule has 0 N–H and O–H groups in total. The molecule has 3 heteroatoms. The number of benzene rings is 1. The highest BCUT2D eigenvalue weighted by Crippen LogP contribution is 2.23. The van der Waals surface area contributed by atoms with Gasteiger partial charge in [-0.3, -0.25) is 0 Å². The van der Waals surface area contributed by atoms with E-state index in [4.69, 9.17) is 5.26 Å². The van der Waals surface area contributed by atoms with Crippen LogP contribution in [0.4, 0.5) is 3.89 Å². The maximum absolute atomic E-state index is 12.1. The molecule has 0 aromatic heterocycles. The molecular weight excluding hydrogens is 185 g/mol. The van der Waals surface area contributed by atoms with Gasteiger partial charge in [0.25, 0.3) is 0 Å². The molecule has 1 rings (SSSR count). The molecule has 0 saturated carbocycles. The van der Waals surface area contributed by atoms with Crippen LogP contribution in [0.2, 0.25) is 0 Å². The average Bonchev–Trinajstić information content (AvgIpc) is 2.20. The summed E-state index contributed by atoms with van der Waals surface area (Å²) in [5.41, 5.74) is 1.37. The molecule has 0 amide bonds. The lowest BCUT2D eigenvalue weighted by molar-refractivity contribution is 0.933. The van der Waals surface area contributed by atoms with E-state index in [1.54, 1.807) is 18.2 Å². The second-order valence-corrected chi connectivity index (χ2v) is 2.78. The third-order valence-electron chi connectivity index (χ3n) is 1.34. The molecule has 13 heavy (non-hydrogen) atoms. The van der Waals surface area contributed by atoms with Crippen molar-refractivity contribution in [1.29, 1.82) is 5.26 Å². The number of hydrogen-bond donors (Lipinski definition) is 0. The van der Waals surface area contributed by atoms with Crippen molar-refractivity contribution < 1.29 is 3.89 Å². The first-order valence-electron chi connectivity index (χ1n) is 4.07. The standard InChI is InChI=1S/C8H6FNS.C2H6/c1-6-2-3-8(11-9)7(4-6)5-10;1-2/h2-4H,1H3;1-2H3. The van der Waals surface area contributed by atoms with Crippen LogP contribution in [-0.2, 0) is 0 Å². The van der Waals surface area contributed by atoms with Crippen LogP contribution in [0.15, 0.2) is 23.1 Å². The third kappa shape index (κ3) is 3.47. The van der Waals surface area contributed by atoms with Gasteiger partial charge in [0.05, 0.1) is 22.6 Å². The predicted octanol–water partition coefficient (Wildman–Crippen LogP) is 3.87. The smallest absolute Gasteiger partial charge is 0.100 e. The van der Waals surface area contributed by atoms with Gasteiger partial charge in [0.1, 0.15) is 6.07 Å². The summed E-state index contributed by atoms with van der Waals surface area (Å²) in [6, 6.07) is 6.99. The van der Waals surface area contributed by atoms with E-state index in [-0.39, 0.29) is 12.1 Å². The molecule has 1 nitrogen and oxygen atoms in total. The molecule has 0 unspecified atom stereocenters. The molecule has 0 spiro atoms. The first kappa shape index (κ1) is 12.0. The normalized spacial score (nSPS) is 8.23. The van der Waals surface area contributed by atoms with Crippen molar-refractivity contribution in [2.24, 2.45) is 0 Å². The minimum atomic E-state index is 0.106. The van der Waals surface area contributed by atoms with E-state index >= 15 is 0 Å². The molecule has 0 aliphatic rings. The van der Waals surface area contributed by atoms with Gasteiger partial charge < -0.3 is 0 Å². The molecule has 70 valence electrons. The Kier molecular flexibility index (Phi) is 5.99. The lowest BCUT2D eigenvalue weighted by atomic mass is 10.2. The lowest BCUT2D eigenvalue weighted by Crippen LogP contribution is -1.80. The van der Waals surface area contributed by atoms with Gasteiger partial charge in [-0.05, 0) is 24.6 Å². The van der Waals surface area contributed by atoms with E-state index in [1.165, 1.54) is 0 Å². The molecule has 0 saturated heterocycles. The van der Waals surface area contributed by atoms with Gasteiger partial charge in [-0.1, -0.05) is 19.9 Å². The van der Waals surface area contributed by atoms with Crippen LogP contribution in [0.1, 0.15) is 25.0 Å². The minimum Gasteiger partial charge on any atom is -0.192 e. The van der Waals surface area contributed by atoms with Crippen molar-refractivity contribution in [2.45, 2.75) is 25.7 Å². The largest absolute Gasteiger partial charge is 0.192 e. The Morgan fingerprint density at radius 1 is 1.38 bits per heavy atom. The highest BCUT2D eigenvalue weighted by molar-refractivity contribution is 7.94. The van der Waals surface area contributed by atoms with Gasteiger partial charge in [-0.2, -0.15) is 9.15 Å². The van der Waals surface area contributed by atoms with Crippen molar-refractivity contribution >= 4 is 12.1 Å². The molecule has 1 aromatic carbocycles. The van der Waals surface area contributed by atoms with Crippen LogP contribution in [0.25, 0.3) is 0 Å². The van der Waals surface area contributed by atoms with Crippen LogP contribution in [0.5, 0.6) is 0 Å². The number of hydrogen-bond acceptors (Lipinski definition) is 2. The van der Waals surface area contributed by atoms with Crippen LogP contribution >= 0.6 is 12.1 Å². The van der Waals surface area contributed by atoms with Gasteiger partial charge in [0.15, 0.2) is 0 Å². The highest BCUT2D eigenvalue weighted by Gasteiger charge is 2.01. The summed E-state index contributed by atoms with van der Waals surface area (Å²) in [5.74, 6) is 0. The predicted molar refractivity (Wildman–Crippen MR) is 54.2 cm³/mol. The van der Waals surface area contributed by atoms with Crippen LogP contribution < -0.4 is 0 Å². The van der Waals surface area contributed by atoms with Crippen molar-refractivity contribution in [2.75, 3.05) is 0 Å². The zero-order chi connectivity index (χ0) is 10.3. The summed E-state index contributed by atoms with van der Waals surface area (Å²) >= 11 is 0.106. The summed E-state index contributed by atoms with van der Waals surface area (Å²) in [5, 5.41) is 8.54. The Balaban J connectivity index is 0.000000671. The summed E-state index contributed by atoms with van der Waals surface area (Å²) in [6.45, 7) is 5.87. The Hall–Kier alpha value is -1.01. The minimum absolute atomic E-state index is 0.106.